The van der Waals surface area contributed by atoms with Crippen molar-refractivity contribution >= 4 is 15.7 Å². The van der Waals surface area contributed by atoms with E-state index in [0.29, 0.717) is 0 Å². The summed E-state index contributed by atoms with van der Waals surface area (Å²) in [5.74, 6) is -0.372. The fourth-order valence-corrected chi connectivity index (χ4v) is 1.95. The molecule has 1 rings (SSSR count). The molecule has 0 fully saturated rings. The first-order valence-corrected chi connectivity index (χ1v) is 6.09. The van der Waals surface area contributed by atoms with Crippen LogP contribution < -0.4 is 0 Å². The van der Waals surface area contributed by atoms with Crippen LogP contribution in [0.15, 0.2) is 23.4 Å². The Morgan fingerprint density at radius 1 is 1.40 bits per heavy atom. The zero-order valence-corrected chi connectivity index (χ0v) is 9.58. The lowest BCUT2D eigenvalue weighted by Crippen LogP contribution is -2.23. The van der Waals surface area contributed by atoms with Crippen LogP contribution in [0.4, 0.5) is 0 Å². The standard InChI is InChI=1S/C9H12N2O3S/c1-11(2)9(12)7-6-10-5-4-8(7)15(3,13)14/h4-6H,1-3H3. The largest absolute Gasteiger partial charge is 0.345 e. The van der Waals surface area contributed by atoms with E-state index in [1.807, 2.05) is 0 Å². The minimum Gasteiger partial charge on any atom is -0.345 e. The summed E-state index contributed by atoms with van der Waals surface area (Å²) in [5, 5.41) is 0. The van der Waals surface area contributed by atoms with E-state index in [9.17, 15) is 13.2 Å². The van der Waals surface area contributed by atoms with Crippen LogP contribution in [0.5, 0.6) is 0 Å². The van der Waals surface area contributed by atoms with Crippen LogP contribution in [0.25, 0.3) is 0 Å². The van der Waals surface area contributed by atoms with Crippen LogP contribution >= 0.6 is 0 Å². The minimum absolute atomic E-state index is 0.0104. The van der Waals surface area contributed by atoms with Gasteiger partial charge in [-0.25, -0.2) is 8.42 Å². The number of hydrogen-bond donors (Lipinski definition) is 0. The van der Waals surface area contributed by atoms with Gasteiger partial charge >= 0.3 is 0 Å². The summed E-state index contributed by atoms with van der Waals surface area (Å²) in [7, 11) is -0.286. The number of hydrogen-bond acceptors (Lipinski definition) is 4. The van der Waals surface area contributed by atoms with Gasteiger partial charge in [-0.15, -0.1) is 0 Å². The van der Waals surface area contributed by atoms with Gasteiger partial charge in [0.15, 0.2) is 9.84 Å². The van der Waals surface area contributed by atoms with Gasteiger partial charge in [-0.05, 0) is 6.07 Å². The molecule has 0 spiro atoms. The highest BCUT2D eigenvalue weighted by molar-refractivity contribution is 7.90. The van der Waals surface area contributed by atoms with Crippen LogP contribution in [0.2, 0.25) is 0 Å². The average molecular weight is 228 g/mol. The van der Waals surface area contributed by atoms with E-state index in [1.165, 1.54) is 23.4 Å². The summed E-state index contributed by atoms with van der Waals surface area (Å²) in [5.41, 5.74) is 0.102. The van der Waals surface area contributed by atoms with Gasteiger partial charge in [-0.3, -0.25) is 9.78 Å². The second kappa shape index (κ2) is 3.98. The monoisotopic (exact) mass is 228 g/mol. The highest BCUT2D eigenvalue weighted by Crippen LogP contribution is 2.14. The Morgan fingerprint density at radius 2 is 2.00 bits per heavy atom. The molecule has 5 nitrogen and oxygen atoms in total. The summed E-state index contributed by atoms with van der Waals surface area (Å²) in [6.45, 7) is 0. The van der Waals surface area contributed by atoms with Crippen molar-refractivity contribution in [3.8, 4) is 0 Å². The van der Waals surface area contributed by atoms with Gasteiger partial charge in [0, 0.05) is 32.7 Å². The first kappa shape index (κ1) is 11.6. The lowest BCUT2D eigenvalue weighted by atomic mass is 10.2. The maximum atomic E-state index is 11.6. The van der Waals surface area contributed by atoms with E-state index in [0.717, 1.165) is 6.26 Å². The predicted octanol–water partition coefficient (Wildman–Crippen LogP) is 0.187. The zero-order chi connectivity index (χ0) is 11.6. The van der Waals surface area contributed by atoms with Crippen LogP contribution in [-0.2, 0) is 9.84 Å². The summed E-state index contributed by atoms with van der Waals surface area (Å²) in [6.07, 6.45) is 3.68. The Balaban J connectivity index is 3.38. The molecule has 0 aliphatic carbocycles. The summed E-state index contributed by atoms with van der Waals surface area (Å²) < 4.78 is 22.8. The Morgan fingerprint density at radius 3 is 2.47 bits per heavy atom. The average Bonchev–Trinajstić information content (AvgIpc) is 2.15. The number of pyridine rings is 1. The molecule has 0 saturated carbocycles. The van der Waals surface area contributed by atoms with Crippen molar-refractivity contribution < 1.29 is 13.2 Å². The lowest BCUT2D eigenvalue weighted by Gasteiger charge is -2.12. The van der Waals surface area contributed by atoms with E-state index < -0.39 is 9.84 Å². The molecule has 0 aliphatic heterocycles. The summed E-state index contributed by atoms with van der Waals surface area (Å²) in [4.78, 5) is 16.7. The van der Waals surface area contributed by atoms with Crippen molar-refractivity contribution in [1.29, 1.82) is 0 Å². The number of aromatic nitrogens is 1. The van der Waals surface area contributed by atoms with Gasteiger partial charge in [-0.2, -0.15) is 0 Å². The topological polar surface area (TPSA) is 67.3 Å². The van der Waals surface area contributed by atoms with Crippen LogP contribution in [0.1, 0.15) is 10.4 Å². The maximum Gasteiger partial charge on any atom is 0.256 e. The van der Waals surface area contributed by atoms with Gasteiger partial charge in [0.25, 0.3) is 5.91 Å². The van der Waals surface area contributed by atoms with Crippen LogP contribution in [0.3, 0.4) is 0 Å². The zero-order valence-electron chi connectivity index (χ0n) is 8.76. The predicted molar refractivity (Wildman–Crippen MR) is 55.4 cm³/mol. The molecule has 82 valence electrons. The minimum atomic E-state index is -3.40. The molecule has 0 radical (unpaired) electrons. The second-order valence-electron chi connectivity index (χ2n) is 3.34. The molecule has 0 aromatic carbocycles. The van der Waals surface area contributed by atoms with E-state index in [4.69, 9.17) is 0 Å². The number of nitrogens with zero attached hydrogens (tertiary/aromatic N) is 2. The Labute approximate surface area is 88.7 Å². The highest BCUT2D eigenvalue weighted by Gasteiger charge is 2.19. The molecule has 1 aromatic rings. The van der Waals surface area contributed by atoms with Gasteiger partial charge in [-0.1, -0.05) is 0 Å². The molecule has 0 unspecified atom stereocenters. The number of sulfone groups is 1. The molecule has 0 saturated heterocycles. The molecule has 1 aromatic heterocycles. The molecular weight excluding hydrogens is 216 g/mol. The van der Waals surface area contributed by atoms with Crippen molar-refractivity contribution in [2.75, 3.05) is 20.4 Å². The molecule has 0 N–H and O–H groups in total. The number of amides is 1. The van der Waals surface area contributed by atoms with Crippen LogP contribution in [0, 0.1) is 0 Å². The third-order valence-electron chi connectivity index (χ3n) is 1.82. The van der Waals surface area contributed by atoms with E-state index in [2.05, 4.69) is 4.98 Å². The van der Waals surface area contributed by atoms with Gasteiger partial charge in [0.05, 0.1) is 10.5 Å². The molecule has 1 heterocycles. The second-order valence-corrected chi connectivity index (χ2v) is 5.33. The fraction of sp³-hybridized carbons (Fsp3) is 0.333. The highest BCUT2D eigenvalue weighted by atomic mass is 32.2. The molecule has 0 aliphatic rings. The van der Waals surface area contributed by atoms with E-state index in [-0.39, 0.29) is 16.4 Å². The fourth-order valence-electron chi connectivity index (χ4n) is 1.11. The first-order chi connectivity index (χ1) is 6.84. The van der Waals surface area contributed by atoms with Gasteiger partial charge in [0.2, 0.25) is 0 Å². The van der Waals surface area contributed by atoms with E-state index in [1.54, 1.807) is 14.1 Å². The van der Waals surface area contributed by atoms with Crippen LogP contribution in [-0.4, -0.2) is 44.6 Å². The smallest absolute Gasteiger partial charge is 0.256 e. The molecule has 0 bridgehead atoms. The molecular formula is C9H12N2O3S. The van der Waals surface area contributed by atoms with E-state index >= 15 is 0 Å². The molecule has 0 atom stereocenters. The third kappa shape index (κ3) is 2.53. The van der Waals surface area contributed by atoms with Crippen molar-refractivity contribution in [1.82, 2.24) is 9.88 Å². The Hall–Kier alpha value is -1.43. The van der Waals surface area contributed by atoms with Gasteiger partial charge < -0.3 is 4.90 Å². The molecule has 15 heavy (non-hydrogen) atoms. The quantitative estimate of drug-likeness (QED) is 0.724. The Kier molecular flexibility index (Phi) is 3.09. The number of carbonyl (C=O) groups is 1. The van der Waals surface area contributed by atoms with Crippen molar-refractivity contribution in [2.24, 2.45) is 0 Å². The maximum absolute atomic E-state index is 11.6. The van der Waals surface area contributed by atoms with Gasteiger partial charge in [0.1, 0.15) is 0 Å². The third-order valence-corrected chi connectivity index (χ3v) is 2.97. The van der Waals surface area contributed by atoms with Crippen molar-refractivity contribution in [3.05, 3.63) is 24.0 Å². The van der Waals surface area contributed by atoms with Crippen molar-refractivity contribution in [2.45, 2.75) is 4.90 Å². The SMILES string of the molecule is CN(C)C(=O)c1cnccc1S(C)(=O)=O. The lowest BCUT2D eigenvalue weighted by molar-refractivity contribution is 0.0823. The Bertz CT molecular complexity index is 480. The first-order valence-electron chi connectivity index (χ1n) is 4.19. The van der Waals surface area contributed by atoms with Crippen molar-refractivity contribution in [3.63, 3.8) is 0 Å². The molecule has 6 heteroatoms. The number of rotatable bonds is 2. The summed E-state index contributed by atoms with van der Waals surface area (Å²) >= 11 is 0. The number of carbonyl (C=O) groups excluding carboxylic acids is 1. The summed E-state index contributed by atoms with van der Waals surface area (Å²) in [6, 6.07) is 1.33. The molecule has 1 amide bonds. The normalized spacial score (nSPS) is 11.1.